The van der Waals surface area contributed by atoms with Crippen LogP contribution in [0.1, 0.15) is 29.3 Å². The van der Waals surface area contributed by atoms with Gasteiger partial charge in [0.15, 0.2) is 16.7 Å². The first kappa shape index (κ1) is 21.8. The zero-order chi connectivity index (χ0) is 22.2. The van der Waals surface area contributed by atoms with Gasteiger partial charge in [0.25, 0.3) is 10.0 Å². The molecule has 1 saturated heterocycles. The van der Waals surface area contributed by atoms with E-state index >= 15 is 0 Å². The number of halogens is 4. The van der Waals surface area contributed by atoms with E-state index in [9.17, 15) is 21.6 Å². The number of hydrogen-bond acceptors (Lipinski definition) is 4. The van der Waals surface area contributed by atoms with Gasteiger partial charge in [-0.1, -0.05) is 23.7 Å². The van der Waals surface area contributed by atoms with E-state index in [0.29, 0.717) is 18.6 Å². The first-order valence-electron chi connectivity index (χ1n) is 9.29. The molecule has 0 radical (unpaired) electrons. The Morgan fingerprint density at radius 2 is 1.81 bits per heavy atom. The lowest BCUT2D eigenvalue weighted by molar-refractivity contribution is 0.192. The van der Waals surface area contributed by atoms with Gasteiger partial charge in [-0.05, 0) is 41.8 Å². The van der Waals surface area contributed by atoms with E-state index in [0.717, 1.165) is 24.4 Å². The van der Waals surface area contributed by atoms with Crippen molar-refractivity contribution in [2.75, 3.05) is 13.2 Å². The Morgan fingerprint density at radius 3 is 2.45 bits per heavy atom. The number of ether oxygens (including phenoxy) is 1. The Hall–Kier alpha value is -2.40. The lowest BCUT2D eigenvalue weighted by Crippen LogP contribution is -2.35. The lowest BCUT2D eigenvalue weighted by atomic mass is 9.90. The molecule has 0 spiro atoms. The molecule has 0 saturated carbocycles. The highest BCUT2D eigenvalue weighted by atomic mass is 35.5. The first-order chi connectivity index (χ1) is 14.7. The predicted molar refractivity (Wildman–Crippen MR) is 107 cm³/mol. The van der Waals surface area contributed by atoms with Gasteiger partial charge in [-0.25, -0.2) is 31.3 Å². The molecular formula is C20H17ClF3N3O3S. The smallest absolute Gasteiger partial charge is 0.257 e. The van der Waals surface area contributed by atoms with Crippen molar-refractivity contribution in [3.8, 4) is 0 Å². The van der Waals surface area contributed by atoms with Gasteiger partial charge in [-0.3, -0.25) is 0 Å². The summed E-state index contributed by atoms with van der Waals surface area (Å²) in [4.78, 5) is 6.89. The third kappa shape index (κ3) is 4.62. The Kier molecular flexibility index (Phi) is 6.07. The average molecular weight is 472 g/mol. The fourth-order valence-electron chi connectivity index (χ4n) is 3.40. The van der Waals surface area contributed by atoms with Crippen molar-refractivity contribution in [1.29, 1.82) is 0 Å². The highest BCUT2D eigenvalue weighted by molar-refractivity contribution is 7.89. The summed E-state index contributed by atoms with van der Waals surface area (Å²) in [7, 11) is -3.92. The number of imidazole rings is 1. The molecule has 2 N–H and O–H groups in total. The summed E-state index contributed by atoms with van der Waals surface area (Å²) in [6.45, 7) is 0.733. The van der Waals surface area contributed by atoms with Gasteiger partial charge < -0.3 is 9.72 Å². The van der Waals surface area contributed by atoms with Crippen LogP contribution in [0.15, 0.2) is 47.6 Å². The van der Waals surface area contributed by atoms with Crippen LogP contribution in [-0.4, -0.2) is 37.6 Å². The van der Waals surface area contributed by atoms with Crippen molar-refractivity contribution in [3.63, 3.8) is 0 Å². The van der Waals surface area contributed by atoms with Crippen LogP contribution in [0, 0.1) is 17.5 Å². The highest BCUT2D eigenvalue weighted by Gasteiger charge is 2.28. The SMILES string of the molecule is O=S(=O)(NC1CCOC1)c1cnc(C(c2ccc(F)c(F)c2)c2ccc(F)c(Cl)c2)[nH]1. The second-order valence-corrected chi connectivity index (χ2v) is 9.18. The summed E-state index contributed by atoms with van der Waals surface area (Å²) >= 11 is 5.90. The molecule has 6 nitrogen and oxygen atoms in total. The third-order valence-corrected chi connectivity index (χ3v) is 6.66. The Balaban J connectivity index is 1.75. The number of sulfonamides is 1. The zero-order valence-electron chi connectivity index (χ0n) is 15.9. The van der Waals surface area contributed by atoms with Gasteiger partial charge in [0.2, 0.25) is 0 Å². The molecule has 1 fully saturated rings. The van der Waals surface area contributed by atoms with Crippen LogP contribution in [0.25, 0.3) is 0 Å². The molecule has 0 bridgehead atoms. The monoisotopic (exact) mass is 471 g/mol. The molecule has 2 unspecified atom stereocenters. The first-order valence-corrected chi connectivity index (χ1v) is 11.2. The molecule has 164 valence electrons. The maximum Gasteiger partial charge on any atom is 0.257 e. The Bertz CT molecular complexity index is 1160. The summed E-state index contributed by atoms with van der Waals surface area (Å²) in [6.07, 6.45) is 1.68. The number of benzene rings is 2. The maximum atomic E-state index is 13.9. The number of hydrogen-bond donors (Lipinski definition) is 2. The van der Waals surface area contributed by atoms with Gasteiger partial charge in [0.1, 0.15) is 11.6 Å². The van der Waals surface area contributed by atoms with E-state index in [4.69, 9.17) is 16.3 Å². The van der Waals surface area contributed by atoms with Crippen molar-refractivity contribution < 1.29 is 26.3 Å². The van der Waals surface area contributed by atoms with Crippen molar-refractivity contribution >= 4 is 21.6 Å². The Labute approximate surface area is 181 Å². The molecule has 1 aliphatic heterocycles. The van der Waals surface area contributed by atoms with E-state index < -0.39 is 33.4 Å². The highest BCUT2D eigenvalue weighted by Crippen LogP contribution is 2.33. The minimum absolute atomic E-state index is 0.136. The van der Waals surface area contributed by atoms with E-state index in [2.05, 4.69) is 14.7 Å². The quantitative estimate of drug-likeness (QED) is 0.574. The normalized spacial score (nSPS) is 17.7. The van der Waals surface area contributed by atoms with Crippen LogP contribution >= 0.6 is 11.6 Å². The number of aromatic nitrogens is 2. The summed E-state index contributed by atoms with van der Waals surface area (Å²) in [5, 5.41) is -0.373. The standard InChI is InChI=1S/C20H17ClF3N3O3S/c21-14-7-11(1-3-15(14)22)19(12-2-4-16(23)17(24)8-12)20-25-9-18(26-20)31(28,29)27-13-5-6-30-10-13/h1-4,7-9,13,19,27H,5-6,10H2,(H,25,26). The lowest BCUT2D eigenvalue weighted by Gasteiger charge is -2.17. The average Bonchev–Trinajstić information content (AvgIpc) is 3.40. The van der Waals surface area contributed by atoms with Crippen LogP contribution in [0.4, 0.5) is 13.2 Å². The summed E-state index contributed by atoms with van der Waals surface area (Å²) in [5.74, 6) is -3.49. The van der Waals surface area contributed by atoms with Crippen molar-refractivity contribution in [2.45, 2.75) is 23.4 Å². The number of rotatable bonds is 6. The van der Waals surface area contributed by atoms with E-state index in [1.54, 1.807) is 0 Å². The van der Waals surface area contributed by atoms with Crippen molar-refractivity contribution in [3.05, 3.63) is 82.0 Å². The second kappa shape index (κ2) is 8.62. The molecule has 2 aromatic carbocycles. The predicted octanol–water partition coefficient (Wildman–Crippen LogP) is 3.73. The van der Waals surface area contributed by atoms with Crippen LogP contribution < -0.4 is 4.72 Å². The molecule has 2 heterocycles. The van der Waals surface area contributed by atoms with Crippen LogP contribution in [0.3, 0.4) is 0 Å². The molecule has 3 aromatic rings. The topological polar surface area (TPSA) is 84.1 Å². The van der Waals surface area contributed by atoms with E-state index in [-0.39, 0.29) is 34.1 Å². The molecule has 2 atom stereocenters. The number of H-pyrrole nitrogens is 1. The van der Waals surface area contributed by atoms with Crippen LogP contribution in [0.2, 0.25) is 5.02 Å². The molecule has 0 aliphatic carbocycles. The molecular weight excluding hydrogens is 455 g/mol. The van der Waals surface area contributed by atoms with Crippen molar-refractivity contribution in [2.24, 2.45) is 0 Å². The van der Waals surface area contributed by atoms with E-state index in [1.165, 1.54) is 18.2 Å². The van der Waals surface area contributed by atoms with Gasteiger partial charge in [-0.2, -0.15) is 0 Å². The summed E-state index contributed by atoms with van der Waals surface area (Å²) < 4.78 is 74.1. The van der Waals surface area contributed by atoms with E-state index in [1.807, 2.05) is 0 Å². The number of nitrogens with one attached hydrogen (secondary N) is 2. The fraction of sp³-hybridized carbons (Fsp3) is 0.250. The second-order valence-electron chi connectivity index (χ2n) is 7.09. The van der Waals surface area contributed by atoms with Crippen LogP contribution in [-0.2, 0) is 14.8 Å². The molecule has 1 aromatic heterocycles. The van der Waals surface area contributed by atoms with Crippen molar-refractivity contribution in [1.82, 2.24) is 14.7 Å². The summed E-state index contributed by atoms with van der Waals surface area (Å²) in [5.41, 5.74) is 0.685. The molecule has 4 rings (SSSR count). The minimum atomic E-state index is -3.92. The molecule has 11 heteroatoms. The van der Waals surface area contributed by atoms with Gasteiger partial charge in [0.05, 0.1) is 23.7 Å². The molecule has 1 aliphatic rings. The fourth-order valence-corrected chi connectivity index (χ4v) is 4.78. The van der Waals surface area contributed by atoms with Crippen LogP contribution in [0.5, 0.6) is 0 Å². The summed E-state index contributed by atoms with van der Waals surface area (Å²) in [6, 6.07) is 6.78. The third-order valence-electron chi connectivity index (χ3n) is 4.94. The largest absolute Gasteiger partial charge is 0.380 e. The number of nitrogens with zero attached hydrogens (tertiary/aromatic N) is 1. The maximum absolute atomic E-state index is 13.9. The molecule has 0 amide bonds. The zero-order valence-corrected chi connectivity index (χ0v) is 17.5. The Morgan fingerprint density at radius 1 is 1.10 bits per heavy atom. The van der Waals surface area contributed by atoms with Gasteiger partial charge >= 0.3 is 0 Å². The number of aromatic amines is 1. The minimum Gasteiger partial charge on any atom is -0.380 e. The van der Waals surface area contributed by atoms with Gasteiger partial charge in [0, 0.05) is 12.6 Å². The van der Waals surface area contributed by atoms with Gasteiger partial charge in [-0.15, -0.1) is 0 Å². The molecule has 31 heavy (non-hydrogen) atoms.